The van der Waals surface area contributed by atoms with Gasteiger partial charge in [0, 0.05) is 43.5 Å². The number of benzene rings is 1. The lowest BCUT2D eigenvalue weighted by molar-refractivity contribution is 0.102. The fourth-order valence-electron chi connectivity index (χ4n) is 4.19. The van der Waals surface area contributed by atoms with Crippen LogP contribution in [0.15, 0.2) is 49.1 Å². The molecule has 9 heteroatoms. The number of anilines is 1. The number of nitrogens with zero attached hydrogens (tertiary/aromatic N) is 7. The highest BCUT2D eigenvalue weighted by Crippen LogP contribution is 2.25. The van der Waals surface area contributed by atoms with E-state index in [0.29, 0.717) is 17.4 Å². The predicted octanol–water partition coefficient (Wildman–Crippen LogP) is 3.14. The molecule has 1 aliphatic rings. The third-order valence-electron chi connectivity index (χ3n) is 6.10. The largest absolute Gasteiger partial charge is 0.306 e. The van der Waals surface area contributed by atoms with Crippen molar-refractivity contribution in [2.24, 2.45) is 7.05 Å². The first-order valence-corrected chi connectivity index (χ1v) is 10.9. The second-order valence-corrected chi connectivity index (χ2v) is 8.24. The molecule has 1 amide bonds. The summed E-state index contributed by atoms with van der Waals surface area (Å²) in [7, 11) is 1.84. The molecule has 0 bridgehead atoms. The van der Waals surface area contributed by atoms with Crippen molar-refractivity contribution in [2.45, 2.75) is 25.8 Å². The monoisotopic (exact) mass is 430 g/mol. The molecule has 164 valence electrons. The molecular weight excluding hydrogens is 404 g/mol. The molecule has 0 saturated carbocycles. The van der Waals surface area contributed by atoms with Gasteiger partial charge in [0.05, 0.1) is 24.0 Å². The minimum atomic E-state index is -0.209. The number of pyridine rings is 1. The number of carbonyl (C=O) groups excluding carboxylic acids is 1. The topological polar surface area (TPSA) is 93.8 Å². The van der Waals surface area contributed by atoms with Gasteiger partial charge in [0.1, 0.15) is 11.5 Å². The summed E-state index contributed by atoms with van der Waals surface area (Å²) in [4.78, 5) is 19.6. The summed E-state index contributed by atoms with van der Waals surface area (Å²) >= 11 is 0. The van der Waals surface area contributed by atoms with E-state index in [1.165, 1.54) is 0 Å². The van der Waals surface area contributed by atoms with E-state index in [2.05, 4.69) is 37.5 Å². The molecule has 1 fully saturated rings. The normalized spacial score (nSPS) is 15.3. The van der Waals surface area contributed by atoms with E-state index in [0.717, 1.165) is 54.5 Å². The minimum absolute atomic E-state index is 0.209. The molecule has 0 spiro atoms. The van der Waals surface area contributed by atoms with Crippen LogP contribution in [-0.2, 0) is 7.05 Å². The molecule has 1 aliphatic heterocycles. The van der Waals surface area contributed by atoms with Gasteiger partial charge in [-0.05, 0) is 36.9 Å². The van der Waals surface area contributed by atoms with Gasteiger partial charge in [-0.2, -0.15) is 5.10 Å². The number of aromatic nitrogens is 6. The summed E-state index contributed by atoms with van der Waals surface area (Å²) in [5.41, 5.74) is 2.30. The Bertz CT molecular complexity index is 1250. The Morgan fingerprint density at radius 2 is 1.97 bits per heavy atom. The lowest BCUT2D eigenvalue weighted by Gasteiger charge is -2.31. The molecule has 0 radical (unpaired) electrons. The maximum atomic E-state index is 12.8. The average molecular weight is 431 g/mol. The van der Waals surface area contributed by atoms with Crippen LogP contribution in [-0.4, -0.2) is 60.2 Å². The molecule has 9 nitrogen and oxygen atoms in total. The number of hydrogen-bond acceptors (Lipinski definition) is 6. The van der Waals surface area contributed by atoms with Gasteiger partial charge in [0.2, 0.25) is 0 Å². The number of likely N-dealkylation sites (tertiary alicyclic amines) is 1. The summed E-state index contributed by atoms with van der Waals surface area (Å²) in [6, 6.07) is 8.23. The van der Waals surface area contributed by atoms with Crippen LogP contribution in [0.5, 0.6) is 0 Å². The molecule has 0 unspecified atom stereocenters. The lowest BCUT2D eigenvalue weighted by atomic mass is 10.1. The zero-order valence-corrected chi connectivity index (χ0v) is 18.3. The van der Waals surface area contributed by atoms with Crippen LogP contribution in [0, 0.1) is 0 Å². The Balaban J connectivity index is 1.31. The van der Waals surface area contributed by atoms with Crippen LogP contribution >= 0.6 is 0 Å². The number of carbonyl (C=O) groups is 1. The zero-order valence-electron chi connectivity index (χ0n) is 18.3. The van der Waals surface area contributed by atoms with E-state index in [4.69, 9.17) is 0 Å². The number of piperidine rings is 1. The van der Waals surface area contributed by atoms with Gasteiger partial charge in [-0.1, -0.05) is 24.3 Å². The summed E-state index contributed by atoms with van der Waals surface area (Å²) in [5.74, 6) is 0.293. The maximum Gasteiger partial charge on any atom is 0.260 e. The molecule has 1 aromatic carbocycles. The summed E-state index contributed by atoms with van der Waals surface area (Å²) in [6.07, 6.45) is 9.21. The van der Waals surface area contributed by atoms with E-state index in [-0.39, 0.29) is 5.91 Å². The molecule has 4 heterocycles. The predicted molar refractivity (Wildman–Crippen MR) is 122 cm³/mol. The third kappa shape index (κ3) is 4.11. The average Bonchev–Trinajstić information content (AvgIpc) is 3.48. The van der Waals surface area contributed by atoms with Gasteiger partial charge >= 0.3 is 0 Å². The quantitative estimate of drug-likeness (QED) is 0.523. The Kier molecular flexibility index (Phi) is 5.40. The number of hydrogen-bond donors (Lipinski definition) is 1. The molecule has 32 heavy (non-hydrogen) atoms. The smallest absolute Gasteiger partial charge is 0.260 e. The van der Waals surface area contributed by atoms with Crippen LogP contribution in [0.2, 0.25) is 0 Å². The van der Waals surface area contributed by atoms with Gasteiger partial charge in [0.15, 0.2) is 0 Å². The van der Waals surface area contributed by atoms with Crippen molar-refractivity contribution in [3.8, 4) is 11.3 Å². The standard InChI is InChI=1S/C23H26N8O/c1-3-30-8-6-20(7-9-30)31-14-19(13-25-31)23(32)26-22-11-18-10-16(4-5-17(18)12-24-22)21-15-29(2)28-27-21/h4-5,10-15,20H,3,6-9H2,1-2H3,(H,24,26,32). The van der Waals surface area contributed by atoms with Gasteiger partial charge in [-0.3, -0.25) is 14.2 Å². The number of aryl methyl sites for hydroxylation is 1. The Morgan fingerprint density at radius 3 is 2.72 bits per heavy atom. The molecule has 0 atom stereocenters. The van der Waals surface area contributed by atoms with Crippen molar-refractivity contribution in [1.29, 1.82) is 0 Å². The van der Waals surface area contributed by atoms with Crippen molar-refractivity contribution < 1.29 is 4.79 Å². The van der Waals surface area contributed by atoms with Crippen LogP contribution in [0.3, 0.4) is 0 Å². The number of nitrogens with one attached hydrogen (secondary N) is 1. The Labute approximate surface area is 186 Å². The third-order valence-corrected chi connectivity index (χ3v) is 6.10. The van der Waals surface area contributed by atoms with Gasteiger partial charge < -0.3 is 10.2 Å². The van der Waals surface area contributed by atoms with E-state index in [9.17, 15) is 4.79 Å². The second-order valence-electron chi connectivity index (χ2n) is 8.24. The highest BCUT2D eigenvalue weighted by molar-refractivity contribution is 6.04. The fourth-order valence-corrected chi connectivity index (χ4v) is 4.19. The minimum Gasteiger partial charge on any atom is -0.306 e. The first-order chi connectivity index (χ1) is 15.6. The Hall–Kier alpha value is -3.59. The summed E-state index contributed by atoms with van der Waals surface area (Å²) < 4.78 is 3.61. The van der Waals surface area contributed by atoms with Gasteiger partial charge in [-0.15, -0.1) is 5.10 Å². The molecule has 0 aliphatic carbocycles. The first-order valence-electron chi connectivity index (χ1n) is 10.9. The van der Waals surface area contributed by atoms with Crippen LogP contribution in [0.1, 0.15) is 36.2 Å². The number of amides is 1. The Morgan fingerprint density at radius 1 is 1.12 bits per heavy atom. The van der Waals surface area contributed by atoms with Crippen molar-refractivity contribution in [2.75, 3.05) is 25.0 Å². The van der Waals surface area contributed by atoms with Crippen molar-refractivity contribution in [3.05, 3.63) is 54.6 Å². The molecule has 5 rings (SSSR count). The van der Waals surface area contributed by atoms with Crippen molar-refractivity contribution in [3.63, 3.8) is 0 Å². The first kappa shape index (κ1) is 20.3. The number of fused-ring (bicyclic) bond motifs is 1. The number of rotatable bonds is 5. The lowest BCUT2D eigenvalue weighted by Crippen LogP contribution is -2.34. The summed E-state index contributed by atoms with van der Waals surface area (Å²) in [5, 5.41) is 17.5. The van der Waals surface area contributed by atoms with E-state index >= 15 is 0 Å². The second kappa shape index (κ2) is 8.51. The van der Waals surface area contributed by atoms with E-state index in [1.54, 1.807) is 17.1 Å². The van der Waals surface area contributed by atoms with E-state index in [1.807, 2.05) is 48.4 Å². The molecular formula is C23H26N8O. The molecule has 4 aromatic rings. The highest BCUT2D eigenvalue weighted by Gasteiger charge is 2.21. The molecule has 3 aromatic heterocycles. The van der Waals surface area contributed by atoms with Crippen molar-refractivity contribution >= 4 is 22.5 Å². The highest BCUT2D eigenvalue weighted by atomic mass is 16.1. The zero-order chi connectivity index (χ0) is 22.1. The van der Waals surface area contributed by atoms with E-state index < -0.39 is 0 Å². The van der Waals surface area contributed by atoms with Crippen LogP contribution in [0.4, 0.5) is 5.82 Å². The van der Waals surface area contributed by atoms with Crippen molar-refractivity contribution in [1.82, 2.24) is 34.7 Å². The molecule has 1 saturated heterocycles. The van der Waals surface area contributed by atoms with Gasteiger partial charge in [-0.25, -0.2) is 4.98 Å². The summed E-state index contributed by atoms with van der Waals surface area (Å²) in [6.45, 7) is 5.41. The fraction of sp³-hybridized carbons (Fsp3) is 0.348. The van der Waals surface area contributed by atoms with Gasteiger partial charge in [0.25, 0.3) is 5.91 Å². The maximum absolute atomic E-state index is 12.8. The van der Waals surface area contributed by atoms with Crippen LogP contribution in [0.25, 0.3) is 22.0 Å². The SMILES string of the molecule is CCN1CCC(n2cc(C(=O)Nc3cc4cc(-c5cn(C)nn5)ccc4cn3)cn2)CC1. The molecule has 1 N–H and O–H groups in total. The van der Waals surface area contributed by atoms with Crippen LogP contribution < -0.4 is 5.32 Å².